The monoisotopic (exact) mass is 269 g/mol. The summed E-state index contributed by atoms with van der Waals surface area (Å²) in [5, 5.41) is 0.0892. The number of benzene rings is 1. The van der Waals surface area contributed by atoms with Crippen LogP contribution in [0.15, 0.2) is 12.1 Å². The standard InChI is InChI=1S/C12H13ClFN3O/c13-8-3-11-10(4-9(8)14)16-12(15)17(11)5-7-1-2-18-6-7/h3-4,7H,1-2,5-6H2,(H2,15,16). The lowest BCUT2D eigenvalue weighted by Gasteiger charge is -2.11. The Morgan fingerprint density at radius 1 is 1.56 bits per heavy atom. The average Bonchev–Trinajstić information content (AvgIpc) is 2.92. The zero-order valence-electron chi connectivity index (χ0n) is 9.70. The molecule has 0 radical (unpaired) electrons. The molecule has 1 aliphatic rings. The Hall–Kier alpha value is -1.33. The number of fused-ring (bicyclic) bond motifs is 1. The second-order valence-electron chi connectivity index (χ2n) is 4.57. The molecule has 2 N–H and O–H groups in total. The van der Waals surface area contributed by atoms with Crippen LogP contribution in [0.4, 0.5) is 10.3 Å². The summed E-state index contributed by atoms with van der Waals surface area (Å²) in [6.07, 6.45) is 1.01. The summed E-state index contributed by atoms with van der Waals surface area (Å²) in [6.45, 7) is 2.24. The molecule has 4 nitrogen and oxygen atoms in total. The van der Waals surface area contributed by atoms with E-state index >= 15 is 0 Å². The topological polar surface area (TPSA) is 53.1 Å². The van der Waals surface area contributed by atoms with Gasteiger partial charge in [-0.05, 0) is 12.5 Å². The molecule has 1 fully saturated rings. The molecule has 1 aromatic carbocycles. The predicted molar refractivity (Wildman–Crippen MR) is 68.0 cm³/mol. The Balaban J connectivity index is 2.04. The summed E-state index contributed by atoms with van der Waals surface area (Å²) < 4.78 is 20.6. The molecule has 0 amide bonds. The summed E-state index contributed by atoms with van der Waals surface area (Å²) in [7, 11) is 0. The summed E-state index contributed by atoms with van der Waals surface area (Å²) in [4.78, 5) is 4.16. The summed E-state index contributed by atoms with van der Waals surface area (Å²) in [6, 6.07) is 2.89. The first-order valence-electron chi connectivity index (χ1n) is 5.83. The third-order valence-electron chi connectivity index (χ3n) is 3.28. The lowest BCUT2D eigenvalue weighted by Crippen LogP contribution is -2.12. The van der Waals surface area contributed by atoms with E-state index in [-0.39, 0.29) is 5.02 Å². The number of rotatable bonds is 2. The van der Waals surface area contributed by atoms with Crippen LogP contribution in [0.3, 0.4) is 0 Å². The zero-order chi connectivity index (χ0) is 12.7. The highest BCUT2D eigenvalue weighted by atomic mass is 35.5. The first-order valence-corrected chi connectivity index (χ1v) is 6.21. The van der Waals surface area contributed by atoms with Crippen molar-refractivity contribution in [1.29, 1.82) is 0 Å². The Bertz CT molecular complexity index is 593. The predicted octanol–water partition coefficient (Wildman–Crippen LogP) is 2.45. The number of imidazole rings is 1. The van der Waals surface area contributed by atoms with Gasteiger partial charge in [0.1, 0.15) is 5.82 Å². The van der Waals surface area contributed by atoms with Crippen LogP contribution in [0.25, 0.3) is 11.0 Å². The van der Waals surface area contributed by atoms with E-state index < -0.39 is 5.82 Å². The van der Waals surface area contributed by atoms with Gasteiger partial charge in [0.15, 0.2) is 0 Å². The fourth-order valence-electron chi connectivity index (χ4n) is 2.32. The average molecular weight is 270 g/mol. The van der Waals surface area contributed by atoms with Crippen LogP contribution < -0.4 is 5.73 Å². The number of hydrogen-bond acceptors (Lipinski definition) is 3. The maximum Gasteiger partial charge on any atom is 0.201 e. The van der Waals surface area contributed by atoms with E-state index in [0.29, 0.717) is 17.4 Å². The van der Waals surface area contributed by atoms with Crippen LogP contribution >= 0.6 is 11.6 Å². The third-order valence-corrected chi connectivity index (χ3v) is 3.57. The summed E-state index contributed by atoms with van der Waals surface area (Å²) in [5.74, 6) is 0.338. The Morgan fingerprint density at radius 2 is 2.39 bits per heavy atom. The van der Waals surface area contributed by atoms with Gasteiger partial charge in [-0.3, -0.25) is 0 Å². The number of hydrogen-bond donors (Lipinski definition) is 1. The van der Waals surface area contributed by atoms with Gasteiger partial charge in [-0.1, -0.05) is 11.6 Å². The Morgan fingerprint density at radius 3 is 3.11 bits per heavy atom. The molecule has 1 aromatic heterocycles. The highest BCUT2D eigenvalue weighted by Gasteiger charge is 2.19. The molecule has 1 atom stereocenters. The molecule has 0 spiro atoms. The number of nitrogen functional groups attached to an aromatic ring is 1. The van der Waals surface area contributed by atoms with Crippen molar-refractivity contribution in [3.05, 3.63) is 23.0 Å². The van der Waals surface area contributed by atoms with E-state index in [0.717, 1.165) is 31.7 Å². The minimum absolute atomic E-state index is 0.0892. The minimum Gasteiger partial charge on any atom is -0.381 e. The minimum atomic E-state index is -0.474. The number of anilines is 1. The van der Waals surface area contributed by atoms with Crippen molar-refractivity contribution in [3.8, 4) is 0 Å². The third kappa shape index (κ3) is 1.93. The van der Waals surface area contributed by atoms with Gasteiger partial charge >= 0.3 is 0 Å². The molecule has 6 heteroatoms. The molecular weight excluding hydrogens is 257 g/mol. The molecule has 2 heterocycles. The molecule has 18 heavy (non-hydrogen) atoms. The SMILES string of the molecule is Nc1nc2cc(F)c(Cl)cc2n1CC1CCOC1. The van der Waals surface area contributed by atoms with Crippen LogP contribution in [0.5, 0.6) is 0 Å². The number of nitrogens with zero attached hydrogens (tertiary/aromatic N) is 2. The molecule has 3 rings (SSSR count). The zero-order valence-corrected chi connectivity index (χ0v) is 10.5. The van der Waals surface area contributed by atoms with Crippen LogP contribution in [-0.4, -0.2) is 22.8 Å². The molecular formula is C12H13ClFN3O. The van der Waals surface area contributed by atoms with Crippen LogP contribution in [0, 0.1) is 11.7 Å². The maximum atomic E-state index is 13.4. The van der Waals surface area contributed by atoms with E-state index in [4.69, 9.17) is 22.1 Å². The number of halogens is 2. The normalized spacial score (nSPS) is 19.8. The highest BCUT2D eigenvalue weighted by Crippen LogP contribution is 2.26. The number of ether oxygens (including phenoxy) is 1. The van der Waals surface area contributed by atoms with Crippen LogP contribution in [0.1, 0.15) is 6.42 Å². The van der Waals surface area contributed by atoms with Crippen molar-refractivity contribution in [2.75, 3.05) is 18.9 Å². The summed E-state index contributed by atoms with van der Waals surface area (Å²) >= 11 is 5.80. The van der Waals surface area contributed by atoms with Crippen molar-refractivity contribution >= 4 is 28.6 Å². The smallest absolute Gasteiger partial charge is 0.201 e. The molecule has 0 aliphatic carbocycles. The van der Waals surface area contributed by atoms with E-state index in [2.05, 4.69) is 4.98 Å². The van der Waals surface area contributed by atoms with E-state index in [9.17, 15) is 4.39 Å². The van der Waals surface area contributed by atoms with Gasteiger partial charge < -0.3 is 15.0 Å². The largest absolute Gasteiger partial charge is 0.381 e. The Kier molecular flexibility index (Phi) is 2.87. The van der Waals surface area contributed by atoms with Gasteiger partial charge in [0, 0.05) is 25.1 Å². The van der Waals surface area contributed by atoms with Crippen LogP contribution in [0.2, 0.25) is 5.02 Å². The lowest BCUT2D eigenvalue weighted by atomic mass is 10.1. The highest BCUT2D eigenvalue weighted by molar-refractivity contribution is 6.31. The molecule has 2 aromatic rings. The van der Waals surface area contributed by atoms with Crippen LogP contribution in [-0.2, 0) is 11.3 Å². The first-order chi connectivity index (χ1) is 8.65. The quantitative estimate of drug-likeness (QED) is 0.911. The van der Waals surface area contributed by atoms with Gasteiger partial charge in [-0.25, -0.2) is 9.37 Å². The lowest BCUT2D eigenvalue weighted by molar-refractivity contribution is 0.183. The van der Waals surface area contributed by atoms with Gasteiger partial charge in [0.25, 0.3) is 0 Å². The molecule has 96 valence electrons. The molecule has 1 saturated heterocycles. The fourth-order valence-corrected chi connectivity index (χ4v) is 2.47. The molecule has 1 unspecified atom stereocenters. The molecule has 0 bridgehead atoms. The van der Waals surface area contributed by atoms with Crippen molar-refractivity contribution in [1.82, 2.24) is 9.55 Å². The van der Waals surface area contributed by atoms with Gasteiger partial charge in [0.05, 0.1) is 22.7 Å². The maximum absolute atomic E-state index is 13.4. The van der Waals surface area contributed by atoms with Crippen molar-refractivity contribution < 1.29 is 9.13 Å². The van der Waals surface area contributed by atoms with E-state index in [1.807, 2.05) is 4.57 Å². The Labute approximate surface area is 108 Å². The van der Waals surface area contributed by atoms with E-state index in [1.54, 1.807) is 6.07 Å². The van der Waals surface area contributed by atoms with Gasteiger partial charge in [0.2, 0.25) is 5.95 Å². The van der Waals surface area contributed by atoms with Crippen molar-refractivity contribution in [2.45, 2.75) is 13.0 Å². The first kappa shape index (κ1) is 11.7. The molecule has 0 saturated carbocycles. The van der Waals surface area contributed by atoms with Crippen molar-refractivity contribution in [2.24, 2.45) is 5.92 Å². The van der Waals surface area contributed by atoms with Gasteiger partial charge in [-0.15, -0.1) is 0 Å². The second kappa shape index (κ2) is 4.40. The number of nitrogens with two attached hydrogens (primary N) is 1. The number of aromatic nitrogens is 2. The van der Waals surface area contributed by atoms with E-state index in [1.165, 1.54) is 6.07 Å². The summed E-state index contributed by atoms with van der Waals surface area (Å²) in [5.41, 5.74) is 7.18. The fraction of sp³-hybridized carbons (Fsp3) is 0.417. The second-order valence-corrected chi connectivity index (χ2v) is 4.97. The van der Waals surface area contributed by atoms with Crippen molar-refractivity contribution in [3.63, 3.8) is 0 Å². The molecule has 1 aliphatic heterocycles. The van der Waals surface area contributed by atoms with Gasteiger partial charge in [-0.2, -0.15) is 0 Å².